The molecule has 3 aromatic rings. The molecule has 2 N–H and O–H groups in total. The van der Waals surface area contributed by atoms with E-state index in [0.717, 1.165) is 17.1 Å². The van der Waals surface area contributed by atoms with Crippen LogP contribution in [0.1, 0.15) is 5.82 Å². The molecule has 0 atom stereocenters. The van der Waals surface area contributed by atoms with Gasteiger partial charge in [-0.1, -0.05) is 29.8 Å². The van der Waals surface area contributed by atoms with E-state index in [4.69, 9.17) is 17.3 Å². The lowest BCUT2D eigenvalue weighted by Gasteiger charge is -2.10. The zero-order chi connectivity index (χ0) is 14.1. The fourth-order valence-corrected chi connectivity index (χ4v) is 2.34. The van der Waals surface area contributed by atoms with Crippen LogP contribution in [0.4, 0.5) is 5.69 Å². The molecule has 0 saturated carbocycles. The number of hydrogen-bond donors (Lipinski definition) is 1. The number of para-hydroxylation sites is 1. The molecular formula is C15H13ClN4. The van der Waals surface area contributed by atoms with Gasteiger partial charge in [0.1, 0.15) is 5.82 Å². The minimum atomic E-state index is 0.585. The van der Waals surface area contributed by atoms with Gasteiger partial charge in [-0.25, -0.2) is 0 Å². The second kappa shape index (κ2) is 4.98. The lowest BCUT2D eigenvalue weighted by atomic mass is 10.1. The van der Waals surface area contributed by atoms with Crippen LogP contribution in [0.5, 0.6) is 0 Å². The monoisotopic (exact) mass is 284 g/mol. The number of nitrogen functional groups attached to an aromatic ring is 1. The Morgan fingerprint density at radius 2 is 1.80 bits per heavy atom. The number of hydrogen-bond acceptors (Lipinski definition) is 3. The van der Waals surface area contributed by atoms with Gasteiger partial charge in [0.05, 0.1) is 0 Å². The van der Waals surface area contributed by atoms with Gasteiger partial charge in [0, 0.05) is 22.0 Å². The van der Waals surface area contributed by atoms with E-state index in [1.54, 1.807) is 12.1 Å². The van der Waals surface area contributed by atoms with E-state index >= 15 is 0 Å². The van der Waals surface area contributed by atoms with Crippen LogP contribution in [-0.2, 0) is 0 Å². The van der Waals surface area contributed by atoms with E-state index in [-0.39, 0.29) is 0 Å². The quantitative estimate of drug-likeness (QED) is 0.733. The van der Waals surface area contributed by atoms with Crippen LogP contribution in [0.25, 0.3) is 17.1 Å². The van der Waals surface area contributed by atoms with Crippen molar-refractivity contribution >= 4 is 17.3 Å². The van der Waals surface area contributed by atoms with E-state index in [1.165, 1.54) is 0 Å². The summed E-state index contributed by atoms with van der Waals surface area (Å²) in [6.45, 7) is 1.91. The molecule has 0 aliphatic heterocycles. The number of nitrogens with zero attached hydrogens (tertiary/aromatic N) is 3. The molecule has 0 unspecified atom stereocenters. The second-order valence-corrected chi connectivity index (χ2v) is 4.91. The molecule has 0 fully saturated rings. The Morgan fingerprint density at radius 3 is 2.50 bits per heavy atom. The number of rotatable bonds is 2. The van der Waals surface area contributed by atoms with Crippen LogP contribution in [0.3, 0.4) is 0 Å². The molecule has 0 amide bonds. The minimum Gasteiger partial charge on any atom is -0.398 e. The number of benzene rings is 2. The zero-order valence-electron chi connectivity index (χ0n) is 10.9. The van der Waals surface area contributed by atoms with Crippen LogP contribution >= 0.6 is 11.6 Å². The van der Waals surface area contributed by atoms with E-state index in [2.05, 4.69) is 10.2 Å². The number of nitrogens with two attached hydrogens (primary N) is 1. The molecule has 20 heavy (non-hydrogen) atoms. The topological polar surface area (TPSA) is 56.7 Å². The number of halogens is 1. The number of aryl methyl sites for hydroxylation is 1. The lowest BCUT2D eigenvalue weighted by molar-refractivity contribution is 0.972. The van der Waals surface area contributed by atoms with Crippen molar-refractivity contribution in [3.63, 3.8) is 0 Å². The molecule has 0 aliphatic rings. The van der Waals surface area contributed by atoms with E-state index in [1.807, 2.05) is 47.9 Å². The third-order valence-electron chi connectivity index (χ3n) is 3.09. The van der Waals surface area contributed by atoms with Crippen molar-refractivity contribution in [2.45, 2.75) is 6.92 Å². The Balaban J connectivity index is 2.21. The summed E-state index contributed by atoms with van der Waals surface area (Å²) in [5.74, 6) is 1.52. The molecule has 0 bridgehead atoms. The predicted molar refractivity (Wildman–Crippen MR) is 81.0 cm³/mol. The lowest BCUT2D eigenvalue weighted by Crippen LogP contribution is -2.01. The van der Waals surface area contributed by atoms with E-state index in [9.17, 15) is 0 Å². The van der Waals surface area contributed by atoms with Gasteiger partial charge in [0.2, 0.25) is 0 Å². The Hall–Kier alpha value is -2.33. The molecule has 1 heterocycles. The van der Waals surface area contributed by atoms with Gasteiger partial charge in [-0.2, -0.15) is 0 Å². The normalized spacial score (nSPS) is 10.7. The smallest absolute Gasteiger partial charge is 0.170 e. The molecule has 0 saturated heterocycles. The summed E-state index contributed by atoms with van der Waals surface area (Å²) >= 11 is 5.94. The first-order valence-electron chi connectivity index (χ1n) is 6.19. The standard InChI is InChI=1S/C15H13ClN4/c1-10-18-19-15(13-8-7-11(16)9-14(13)17)20(10)12-5-3-2-4-6-12/h2-9H,17H2,1H3. The first-order valence-corrected chi connectivity index (χ1v) is 6.57. The molecule has 5 heteroatoms. The van der Waals surface area contributed by atoms with Crippen molar-refractivity contribution in [3.8, 4) is 17.1 Å². The highest BCUT2D eigenvalue weighted by atomic mass is 35.5. The average molecular weight is 285 g/mol. The summed E-state index contributed by atoms with van der Waals surface area (Å²) in [6, 6.07) is 15.3. The maximum Gasteiger partial charge on any atom is 0.170 e. The van der Waals surface area contributed by atoms with Crippen LogP contribution in [0.2, 0.25) is 5.02 Å². The Morgan fingerprint density at radius 1 is 1.05 bits per heavy atom. The maximum atomic E-state index is 6.04. The molecule has 0 spiro atoms. The molecule has 0 aliphatic carbocycles. The van der Waals surface area contributed by atoms with Gasteiger partial charge in [-0.05, 0) is 37.3 Å². The summed E-state index contributed by atoms with van der Waals surface area (Å²) in [5, 5.41) is 9.01. The van der Waals surface area contributed by atoms with Crippen LogP contribution < -0.4 is 5.73 Å². The summed E-state index contributed by atoms with van der Waals surface area (Å²) in [5.41, 5.74) is 8.45. The number of anilines is 1. The Kier molecular flexibility index (Phi) is 3.16. The molecule has 2 aromatic carbocycles. The van der Waals surface area contributed by atoms with Gasteiger partial charge >= 0.3 is 0 Å². The highest BCUT2D eigenvalue weighted by Gasteiger charge is 2.14. The van der Waals surface area contributed by atoms with Crippen molar-refractivity contribution in [3.05, 3.63) is 59.4 Å². The molecular weight excluding hydrogens is 272 g/mol. The maximum absolute atomic E-state index is 6.04. The van der Waals surface area contributed by atoms with Crippen molar-refractivity contribution in [1.29, 1.82) is 0 Å². The van der Waals surface area contributed by atoms with Gasteiger partial charge in [0.25, 0.3) is 0 Å². The first kappa shape index (κ1) is 12.7. The average Bonchev–Trinajstić information content (AvgIpc) is 2.81. The fourth-order valence-electron chi connectivity index (χ4n) is 2.16. The van der Waals surface area contributed by atoms with Crippen molar-refractivity contribution in [2.24, 2.45) is 0 Å². The minimum absolute atomic E-state index is 0.585. The zero-order valence-corrected chi connectivity index (χ0v) is 11.7. The Labute approximate surface area is 121 Å². The summed E-state index contributed by atoms with van der Waals surface area (Å²) in [7, 11) is 0. The second-order valence-electron chi connectivity index (χ2n) is 4.47. The third kappa shape index (κ3) is 2.14. The fraction of sp³-hybridized carbons (Fsp3) is 0.0667. The van der Waals surface area contributed by atoms with E-state index in [0.29, 0.717) is 16.5 Å². The largest absolute Gasteiger partial charge is 0.398 e. The molecule has 100 valence electrons. The highest BCUT2D eigenvalue weighted by molar-refractivity contribution is 6.31. The van der Waals surface area contributed by atoms with Crippen molar-refractivity contribution in [1.82, 2.24) is 14.8 Å². The summed E-state index contributed by atoms with van der Waals surface area (Å²) in [6.07, 6.45) is 0. The summed E-state index contributed by atoms with van der Waals surface area (Å²) < 4.78 is 1.97. The van der Waals surface area contributed by atoms with Gasteiger partial charge in [-0.3, -0.25) is 4.57 Å². The van der Waals surface area contributed by atoms with Crippen LogP contribution in [0, 0.1) is 6.92 Å². The molecule has 0 radical (unpaired) electrons. The van der Waals surface area contributed by atoms with Gasteiger partial charge in [-0.15, -0.1) is 10.2 Å². The van der Waals surface area contributed by atoms with Crippen LogP contribution in [-0.4, -0.2) is 14.8 Å². The van der Waals surface area contributed by atoms with Crippen LogP contribution in [0.15, 0.2) is 48.5 Å². The number of aromatic nitrogens is 3. The van der Waals surface area contributed by atoms with Crippen molar-refractivity contribution in [2.75, 3.05) is 5.73 Å². The highest BCUT2D eigenvalue weighted by Crippen LogP contribution is 2.29. The van der Waals surface area contributed by atoms with E-state index < -0.39 is 0 Å². The third-order valence-corrected chi connectivity index (χ3v) is 3.33. The molecule has 3 rings (SSSR count). The van der Waals surface area contributed by atoms with Gasteiger partial charge < -0.3 is 5.73 Å². The summed E-state index contributed by atoms with van der Waals surface area (Å²) in [4.78, 5) is 0. The molecule has 4 nitrogen and oxygen atoms in total. The van der Waals surface area contributed by atoms with Gasteiger partial charge in [0.15, 0.2) is 5.82 Å². The SMILES string of the molecule is Cc1nnc(-c2ccc(Cl)cc2N)n1-c1ccccc1. The molecule has 1 aromatic heterocycles. The predicted octanol–water partition coefficient (Wildman–Crippen LogP) is 3.48. The Bertz CT molecular complexity index is 750. The van der Waals surface area contributed by atoms with Crippen molar-refractivity contribution < 1.29 is 0 Å². The first-order chi connectivity index (χ1) is 9.66.